The molecule has 0 atom stereocenters. The molecule has 2 rings (SSSR count). The Balaban J connectivity index is 1.98. The Bertz CT molecular complexity index is 534. The number of aryl methyl sites for hydroxylation is 1. The third-order valence-electron chi connectivity index (χ3n) is 3.10. The quantitative estimate of drug-likeness (QED) is 0.686. The van der Waals surface area contributed by atoms with Crippen molar-refractivity contribution in [3.8, 4) is 10.6 Å². The summed E-state index contributed by atoms with van der Waals surface area (Å²) in [5, 5.41) is 2.86. The van der Waals surface area contributed by atoms with Crippen molar-refractivity contribution in [2.24, 2.45) is 0 Å². The molecule has 105 valence electrons. The van der Waals surface area contributed by atoms with Crippen LogP contribution in [0.2, 0.25) is 0 Å². The van der Waals surface area contributed by atoms with E-state index in [1.807, 2.05) is 5.38 Å². The molecule has 1 aromatic carbocycles. The van der Waals surface area contributed by atoms with Crippen molar-refractivity contribution >= 4 is 17.8 Å². The van der Waals surface area contributed by atoms with Crippen LogP contribution in [0.1, 0.15) is 37.4 Å². The van der Waals surface area contributed by atoms with Gasteiger partial charge in [-0.05, 0) is 18.4 Å². The summed E-state index contributed by atoms with van der Waals surface area (Å²) in [6.07, 6.45) is 4.92. The maximum absolute atomic E-state index is 10.0. The number of thiazole rings is 1. The molecule has 0 bridgehead atoms. The third-order valence-corrected chi connectivity index (χ3v) is 4.04. The zero-order valence-corrected chi connectivity index (χ0v) is 12.4. The standard InChI is InChI=1S/C16H18NO2S/c1-2-3-4-5-13-6-8-14(9-7-13)16-17-15(11-20-16)10-19-12-18/h6-9,11H,2-5,10H2,1H3. The number of carbonyl (C=O) groups excluding carboxylic acids is 1. The zero-order valence-electron chi connectivity index (χ0n) is 11.6. The van der Waals surface area contributed by atoms with Crippen LogP contribution < -0.4 is 0 Å². The fourth-order valence-electron chi connectivity index (χ4n) is 2.00. The lowest BCUT2D eigenvalue weighted by Crippen LogP contribution is -1.90. The van der Waals surface area contributed by atoms with E-state index in [1.165, 1.54) is 31.3 Å². The number of hydrogen-bond donors (Lipinski definition) is 0. The summed E-state index contributed by atoms with van der Waals surface area (Å²) in [4.78, 5) is 14.5. The normalized spacial score (nSPS) is 10.4. The first-order valence-corrected chi connectivity index (χ1v) is 7.74. The van der Waals surface area contributed by atoms with E-state index >= 15 is 0 Å². The summed E-state index contributed by atoms with van der Waals surface area (Å²) in [6.45, 7) is 3.82. The maximum atomic E-state index is 10.0. The van der Waals surface area contributed by atoms with Crippen LogP contribution in [-0.2, 0) is 22.6 Å². The summed E-state index contributed by atoms with van der Waals surface area (Å²) in [7, 11) is 0. The number of unbranched alkanes of at least 4 members (excludes halogenated alkanes) is 2. The minimum atomic E-state index is 0.190. The van der Waals surface area contributed by atoms with Gasteiger partial charge >= 0.3 is 6.47 Å². The number of aromatic nitrogens is 1. The number of rotatable bonds is 8. The van der Waals surface area contributed by atoms with Crippen LogP contribution in [0, 0.1) is 0 Å². The van der Waals surface area contributed by atoms with Gasteiger partial charge in [-0.25, -0.2) is 9.78 Å². The van der Waals surface area contributed by atoms with Crippen LogP contribution >= 0.6 is 11.3 Å². The molecule has 20 heavy (non-hydrogen) atoms. The molecule has 0 saturated heterocycles. The van der Waals surface area contributed by atoms with Gasteiger partial charge in [0.2, 0.25) is 0 Å². The predicted molar refractivity (Wildman–Crippen MR) is 81.3 cm³/mol. The second-order valence-corrected chi connectivity index (χ2v) is 5.53. The first-order chi connectivity index (χ1) is 9.83. The second kappa shape index (κ2) is 7.80. The number of nitrogens with zero attached hydrogens (tertiary/aromatic N) is 1. The molecule has 3 nitrogen and oxygen atoms in total. The number of ether oxygens (including phenoxy) is 1. The Morgan fingerprint density at radius 3 is 2.75 bits per heavy atom. The average molecular weight is 288 g/mol. The number of benzene rings is 1. The summed E-state index contributed by atoms with van der Waals surface area (Å²) < 4.78 is 4.58. The molecule has 0 aliphatic rings. The topological polar surface area (TPSA) is 39.2 Å². The molecule has 0 fully saturated rings. The van der Waals surface area contributed by atoms with Crippen LogP contribution in [0.25, 0.3) is 10.6 Å². The van der Waals surface area contributed by atoms with Gasteiger partial charge in [-0.1, -0.05) is 44.0 Å². The van der Waals surface area contributed by atoms with Crippen LogP contribution in [0.15, 0.2) is 29.6 Å². The van der Waals surface area contributed by atoms with E-state index in [0.29, 0.717) is 0 Å². The van der Waals surface area contributed by atoms with Crippen LogP contribution in [-0.4, -0.2) is 11.5 Å². The van der Waals surface area contributed by atoms with Crippen molar-refractivity contribution in [3.63, 3.8) is 0 Å². The van der Waals surface area contributed by atoms with Gasteiger partial charge in [0, 0.05) is 10.9 Å². The van der Waals surface area contributed by atoms with E-state index < -0.39 is 0 Å². The third kappa shape index (κ3) is 4.17. The Hall–Kier alpha value is -1.68. The van der Waals surface area contributed by atoms with Gasteiger partial charge in [0.05, 0.1) is 5.69 Å². The van der Waals surface area contributed by atoms with Gasteiger partial charge in [0.25, 0.3) is 0 Å². The summed E-state index contributed by atoms with van der Waals surface area (Å²) in [6, 6.07) is 8.55. The molecule has 0 N–H and O–H groups in total. The minimum Gasteiger partial charge on any atom is -0.451 e. The van der Waals surface area contributed by atoms with Crippen molar-refractivity contribution in [2.75, 3.05) is 0 Å². The van der Waals surface area contributed by atoms with Crippen molar-refractivity contribution in [1.82, 2.24) is 4.98 Å². The molecule has 0 amide bonds. The number of hydrogen-bond acceptors (Lipinski definition) is 4. The predicted octanol–water partition coefficient (Wildman–Crippen LogP) is 4.13. The Labute approximate surface area is 123 Å². The monoisotopic (exact) mass is 288 g/mol. The van der Waals surface area contributed by atoms with Gasteiger partial charge < -0.3 is 4.74 Å². The molecular weight excluding hydrogens is 270 g/mol. The Kier molecular flexibility index (Phi) is 5.74. The largest absolute Gasteiger partial charge is 0.451 e. The maximum Gasteiger partial charge on any atom is 0.417 e. The molecule has 2 aromatic rings. The summed E-state index contributed by atoms with van der Waals surface area (Å²) >= 11 is 1.56. The lowest BCUT2D eigenvalue weighted by Gasteiger charge is -2.02. The Morgan fingerprint density at radius 1 is 1.25 bits per heavy atom. The van der Waals surface area contributed by atoms with E-state index in [9.17, 15) is 4.79 Å². The zero-order chi connectivity index (χ0) is 14.2. The highest BCUT2D eigenvalue weighted by Gasteiger charge is 2.05. The van der Waals surface area contributed by atoms with E-state index in [1.54, 1.807) is 11.3 Å². The highest BCUT2D eigenvalue weighted by Crippen LogP contribution is 2.24. The van der Waals surface area contributed by atoms with Crippen molar-refractivity contribution in [2.45, 2.75) is 39.2 Å². The fourth-order valence-corrected chi connectivity index (χ4v) is 2.81. The van der Waals surface area contributed by atoms with Gasteiger partial charge in [-0.3, -0.25) is 0 Å². The second-order valence-electron chi connectivity index (χ2n) is 4.67. The smallest absolute Gasteiger partial charge is 0.417 e. The summed E-state index contributed by atoms with van der Waals surface area (Å²) in [5.41, 5.74) is 3.24. The molecule has 0 saturated carbocycles. The van der Waals surface area contributed by atoms with Crippen LogP contribution in [0.4, 0.5) is 0 Å². The molecule has 4 heteroatoms. The SMILES string of the molecule is CCCCCc1ccc(-c2nc(CO[C]=O)cs2)cc1. The molecule has 0 aliphatic heterocycles. The van der Waals surface area contributed by atoms with Crippen molar-refractivity contribution in [1.29, 1.82) is 0 Å². The van der Waals surface area contributed by atoms with Gasteiger partial charge in [-0.2, -0.15) is 0 Å². The molecular formula is C16H18NO2S. The first kappa shape index (κ1) is 14.7. The lowest BCUT2D eigenvalue weighted by atomic mass is 10.1. The van der Waals surface area contributed by atoms with Gasteiger partial charge in [0.1, 0.15) is 11.6 Å². The first-order valence-electron chi connectivity index (χ1n) is 6.86. The molecule has 0 unspecified atom stereocenters. The van der Waals surface area contributed by atoms with Crippen molar-refractivity contribution in [3.05, 3.63) is 40.9 Å². The van der Waals surface area contributed by atoms with Gasteiger partial charge in [-0.15, -0.1) is 11.3 Å². The Morgan fingerprint density at radius 2 is 2.05 bits per heavy atom. The highest BCUT2D eigenvalue weighted by molar-refractivity contribution is 7.13. The van der Waals surface area contributed by atoms with Crippen LogP contribution in [0.3, 0.4) is 0 Å². The lowest BCUT2D eigenvalue weighted by molar-refractivity contribution is 0.264. The summed E-state index contributed by atoms with van der Waals surface area (Å²) in [5.74, 6) is 0. The van der Waals surface area contributed by atoms with E-state index in [2.05, 4.69) is 40.9 Å². The van der Waals surface area contributed by atoms with Crippen molar-refractivity contribution < 1.29 is 9.53 Å². The molecule has 1 heterocycles. The van der Waals surface area contributed by atoms with E-state index in [0.717, 1.165) is 22.7 Å². The fraction of sp³-hybridized carbons (Fsp3) is 0.375. The van der Waals surface area contributed by atoms with Gasteiger partial charge in [0.15, 0.2) is 0 Å². The molecule has 0 aliphatic carbocycles. The van der Waals surface area contributed by atoms with E-state index in [-0.39, 0.29) is 6.61 Å². The van der Waals surface area contributed by atoms with E-state index in [4.69, 9.17) is 0 Å². The highest BCUT2D eigenvalue weighted by atomic mass is 32.1. The molecule has 1 aromatic heterocycles. The molecule has 1 radical (unpaired) electrons. The average Bonchev–Trinajstić information content (AvgIpc) is 2.95. The van der Waals surface area contributed by atoms with Crippen LogP contribution in [0.5, 0.6) is 0 Å². The molecule has 0 spiro atoms. The minimum absolute atomic E-state index is 0.190.